The van der Waals surface area contributed by atoms with Crippen LogP contribution in [0, 0.1) is 17.3 Å². The van der Waals surface area contributed by atoms with E-state index in [1.807, 2.05) is 43.3 Å². The molecule has 0 spiro atoms. The maximum atomic E-state index is 12.0. The summed E-state index contributed by atoms with van der Waals surface area (Å²) in [6.07, 6.45) is 4.12. The van der Waals surface area contributed by atoms with Gasteiger partial charge in [0, 0.05) is 0 Å². The van der Waals surface area contributed by atoms with Gasteiger partial charge in [-0.15, -0.1) is 0 Å². The zero-order valence-electron chi connectivity index (χ0n) is 11.2. The van der Waals surface area contributed by atoms with E-state index in [0.29, 0.717) is 12.5 Å². The van der Waals surface area contributed by atoms with Crippen molar-refractivity contribution >= 4 is 5.97 Å². The number of allylic oxidation sites excluding steroid dienone is 2. The fourth-order valence-electron chi connectivity index (χ4n) is 2.51. The lowest BCUT2D eigenvalue weighted by Gasteiger charge is -2.05. The van der Waals surface area contributed by atoms with Gasteiger partial charge in [-0.2, -0.15) is 0 Å². The van der Waals surface area contributed by atoms with E-state index < -0.39 is 0 Å². The van der Waals surface area contributed by atoms with E-state index in [-0.39, 0.29) is 17.3 Å². The fourth-order valence-corrected chi connectivity index (χ4v) is 2.51. The maximum Gasteiger partial charge on any atom is 0.310 e. The average Bonchev–Trinajstić information content (AvgIpc) is 2.90. The molecule has 1 saturated carbocycles. The molecule has 1 aliphatic rings. The molecule has 18 heavy (non-hydrogen) atoms. The van der Waals surface area contributed by atoms with E-state index in [1.165, 1.54) is 0 Å². The molecule has 0 radical (unpaired) electrons. The van der Waals surface area contributed by atoms with Crippen LogP contribution in [0.2, 0.25) is 0 Å². The molecule has 0 amide bonds. The van der Waals surface area contributed by atoms with Gasteiger partial charge in [0.15, 0.2) is 0 Å². The van der Waals surface area contributed by atoms with Crippen molar-refractivity contribution in [1.29, 1.82) is 0 Å². The molecule has 0 aliphatic heterocycles. The molecule has 1 aromatic carbocycles. The lowest BCUT2D eigenvalue weighted by atomic mass is 10.1. The van der Waals surface area contributed by atoms with Gasteiger partial charge in [0.05, 0.1) is 5.92 Å². The van der Waals surface area contributed by atoms with E-state index >= 15 is 0 Å². The van der Waals surface area contributed by atoms with Crippen LogP contribution in [-0.2, 0) is 16.1 Å². The Bertz CT molecular complexity index is 445. The van der Waals surface area contributed by atoms with Gasteiger partial charge in [-0.25, -0.2) is 0 Å². The molecule has 96 valence electrons. The first-order valence-corrected chi connectivity index (χ1v) is 6.40. The van der Waals surface area contributed by atoms with Crippen molar-refractivity contribution in [3.8, 4) is 0 Å². The number of hydrogen-bond donors (Lipinski definition) is 0. The van der Waals surface area contributed by atoms with E-state index in [0.717, 1.165) is 5.56 Å². The second-order valence-corrected chi connectivity index (χ2v) is 5.44. The monoisotopic (exact) mass is 244 g/mol. The molecule has 2 nitrogen and oxygen atoms in total. The first-order valence-electron chi connectivity index (χ1n) is 6.40. The van der Waals surface area contributed by atoms with Crippen molar-refractivity contribution < 1.29 is 9.53 Å². The van der Waals surface area contributed by atoms with Gasteiger partial charge in [0.1, 0.15) is 6.61 Å². The van der Waals surface area contributed by atoms with Gasteiger partial charge in [-0.3, -0.25) is 4.79 Å². The summed E-state index contributed by atoms with van der Waals surface area (Å²) in [5.41, 5.74) is 1.08. The van der Waals surface area contributed by atoms with Crippen molar-refractivity contribution in [2.24, 2.45) is 17.3 Å². The summed E-state index contributed by atoms with van der Waals surface area (Å²) >= 11 is 0. The van der Waals surface area contributed by atoms with Gasteiger partial charge in [-0.1, -0.05) is 56.3 Å². The first-order chi connectivity index (χ1) is 8.57. The third-order valence-corrected chi connectivity index (χ3v) is 3.79. The molecule has 2 atom stereocenters. The summed E-state index contributed by atoms with van der Waals surface area (Å²) in [5, 5.41) is 0. The standard InChI is InChI=1S/C16H20O2/c1-4-8-13-14(16(13,2)3)15(17)18-11-12-9-6-5-7-10-12/h4-10,13-14H,11H2,1-3H3/b8-4-. The van der Waals surface area contributed by atoms with E-state index in [2.05, 4.69) is 19.9 Å². The number of rotatable bonds is 4. The Morgan fingerprint density at radius 3 is 2.61 bits per heavy atom. The quantitative estimate of drug-likeness (QED) is 0.597. The van der Waals surface area contributed by atoms with Gasteiger partial charge >= 0.3 is 5.97 Å². The van der Waals surface area contributed by atoms with Crippen molar-refractivity contribution in [2.75, 3.05) is 0 Å². The molecular weight excluding hydrogens is 224 g/mol. The molecule has 1 fully saturated rings. The normalized spacial score (nSPS) is 25.1. The van der Waals surface area contributed by atoms with Gasteiger partial charge < -0.3 is 4.74 Å². The zero-order chi connectivity index (χ0) is 13.2. The number of benzene rings is 1. The minimum absolute atomic E-state index is 0.0115. The lowest BCUT2D eigenvalue weighted by Crippen LogP contribution is -2.10. The Balaban J connectivity index is 1.90. The van der Waals surface area contributed by atoms with Crippen LogP contribution >= 0.6 is 0 Å². The number of esters is 1. The van der Waals surface area contributed by atoms with Crippen LogP contribution in [0.25, 0.3) is 0 Å². The minimum atomic E-state index is -0.0769. The Morgan fingerprint density at radius 1 is 1.33 bits per heavy atom. The van der Waals surface area contributed by atoms with Crippen molar-refractivity contribution in [3.63, 3.8) is 0 Å². The molecule has 0 heterocycles. The first kappa shape index (κ1) is 12.9. The summed E-state index contributed by atoms with van der Waals surface area (Å²) < 4.78 is 5.39. The molecule has 1 aliphatic carbocycles. The molecule has 0 saturated heterocycles. The molecule has 2 heteroatoms. The number of carbonyl (C=O) groups excluding carboxylic acids is 1. The van der Waals surface area contributed by atoms with Crippen molar-refractivity contribution in [1.82, 2.24) is 0 Å². The van der Waals surface area contributed by atoms with Crippen LogP contribution in [0.4, 0.5) is 0 Å². The lowest BCUT2D eigenvalue weighted by molar-refractivity contribution is -0.147. The highest BCUT2D eigenvalue weighted by Crippen LogP contribution is 2.59. The molecule has 2 rings (SSSR count). The molecule has 2 unspecified atom stereocenters. The predicted octanol–water partition coefficient (Wildman–Crippen LogP) is 3.58. The minimum Gasteiger partial charge on any atom is -0.461 e. The van der Waals surface area contributed by atoms with Crippen LogP contribution in [0.5, 0.6) is 0 Å². The maximum absolute atomic E-state index is 12.0. The highest BCUT2D eigenvalue weighted by molar-refractivity contribution is 5.78. The Labute approximate surface area is 109 Å². The number of carbonyl (C=O) groups is 1. The fraction of sp³-hybridized carbons (Fsp3) is 0.438. The number of hydrogen-bond acceptors (Lipinski definition) is 2. The summed E-state index contributed by atoms with van der Waals surface area (Å²) in [6, 6.07) is 9.79. The highest BCUT2D eigenvalue weighted by atomic mass is 16.5. The number of ether oxygens (including phenoxy) is 1. The SMILES string of the molecule is C/C=C\C1C(C(=O)OCc2ccccc2)C1(C)C. The molecule has 0 bridgehead atoms. The van der Waals surface area contributed by atoms with Crippen molar-refractivity contribution in [2.45, 2.75) is 27.4 Å². The highest BCUT2D eigenvalue weighted by Gasteiger charge is 2.61. The van der Waals surface area contributed by atoms with E-state index in [9.17, 15) is 4.79 Å². The average molecular weight is 244 g/mol. The Morgan fingerprint density at radius 2 is 2.00 bits per heavy atom. The third-order valence-electron chi connectivity index (χ3n) is 3.79. The molecule has 0 aromatic heterocycles. The largest absolute Gasteiger partial charge is 0.461 e. The zero-order valence-corrected chi connectivity index (χ0v) is 11.2. The van der Waals surface area contributed by atoms with Crippen LogP contribution in [0.1, 0.15) is 26.3 Å². The predicted molar refractivity (Wildman–Crippen MR) is 71.8 cm³/mol. The van der Waals surface area contributed by atoms with E-state index in [4.69, 9.17) is 4.74 Å². The van der Waals surface area contributed by atoms with Crippen LogP contribution in [-0.4, -0.2) is 5.97 Å². The summed E-state index contributed by atoms with van der Waals surface area (Å²) in [7, 11) is 0. The third kappa shape index (κ3) is 2.47. The molecule has 1 aromatic rings. The second-order valence-electron chi connectivity index (χ2n) is 5.44. The van der Waals surface area contributed by atoms with Gasteiger partial charge in [0.25, 0.3) is 0 Å². The molecule has 0 N–H and O–H groups in total. The van der Waals surface area contributed by atoms with Gasteiger partial charge in [-0.05, 0) is 23.8 Å². The second kappa shape index (κ2) is 4.97. The summed E-state index contributed by atoms with van der Waals surface area (Å²) in [4.78, 5) is 12.0. The molecular formula is C16H20O2. The van der Waals surface area contributed by atoms with Crippen LogP contribution in [0.3, 0.4) is 0 Å². The Hall–Kier alpha value is -1.57. The topological polar surface area (TPSA) is 26.3 Å². The van der Waals surface area contributed by atoms with Crippen molar-refractivity contribution in [3.05, 3.63) is 48.0 Å². The smallest absolute Gasteiger partial charge is 0.310 e. The van der Waals surface area contributed by atoms with E-state index in [1.54, 1.807) is 0 Å². The Kier molecular flexibility index (Phi) is 3.55. The summed E-state index contributed by atoms with van der Waals surface area (Å²) in [5.74, 6) is 0.259. The van der Waals surface area contributed by atoms with Crippen LogP contribution < -0.4 is 0 Å². The summed E-state index contributed by atoms with van der Waals surface area (Å²) in [6.45, 7) is 6.59. The van der Waals surface area contributed by atoms with Crippen LogP contribution in [0.15, 0.2) is 42.5 Å². The van der Waals surface area contributed by atoms with Gasteiger partial charge in [0.2, 0.25) is 0 Å².